The van der Waals surface area contributed by atoms with Gasteiger partial charge in [-0.1, -0.05) is 161 Å². The van der Waals surface area contributed by atoms with Crippen molar-refractivity contribution in [3.8, 4) is 0 Å². The van der Waals surface area contributed by atoms with Crippen LogP contribution in [0.5, 0.6) is 0 Å². The first-order valence-electron chi connectivity index (χ1n) is 21.8. The fraction of sp³-hybridized carbons (Fsp3) is 0.844. The predicted molar refractivity (Wildman–Crippen MR) is 215 cm³/mol. The van der Waals surface area contributed by atoms with Gasteiger partial charge in [-0.15, -0.1) is 0 Å². The molecule has 0 radical (unpaired) electrons. The van der Waals surface area contributed by atoms with Crippen LogP contribution in [0.25, 0.3) is 0 Å². The molecule has 0 atom stereocenters. The molecular weight excluding hydrogens is 636 g/mol. The fourth-order valence-corrected chi connectivity index (χ4v) is 6.08. The summed E-state index contributed by atoms with van der Waals surface area (Å²) in [5.41, 5.74) is 0. The summed E-state index contributed by atoms with van der Waals surface area (Å²) in [4.78, 5) is 37.2. The Morgan fingerprint density at radius 2 is 0.647 bits per heavy atom. The molecule has 298 valence electrons. The molecule has 0 aromatic carbocycles. The number of unbranched alkanes of at least 4 members (excludes halogenated alkanes) is 24. The van der Waals surface area contributed by atoms with Crippen molar-refractivity contribution in [1.82, 2.24) is 0 Å². The van der Waals surface area contributed by atoms with Gasteiger partial charge in [-0.2, -0.15) is 0 Å². The zero-order chi connectivity index (χ0) is 37.3. The summed E-state index contributed by atoms with van der Waals surface area (Å²) >= 11 is 0. The van der Waals surface area contributed by atoms with Crippen molar-refractivity contribution < 1.29 is 28.6 Å². The molecule has 0 saturated heterocycles. The van der Waals surface area contributed by atoms with Crippen molar-refractivity contribution in [2.75, 3.05) is 13.2 Å². The molecule has 0 N–H and O–H groups in total. The third-order valence-corrected chi connectivity index (χ3v) is 9.43. The van der Waals surface area contributed by atoms with Crippen LogP contribution >= 0.6 is 0 Å². The molecule has 0 spiro atoms. The first kappa shape index (κ1) is 48.9. The first-order valence-corrected chi connectivity index (χ1v) is 21.8. The van der Waals surface area contributed by atoms with E-state index in [0.29, 0.717) is 19.3 Å². The fourth-order valence-electron chi connectivity index (χ4n) is 6.08. The molecule has 6 heteroatoms. The highest BCUT2D eigenvalue weighted by molar-refractivity contribution is 5.71. The van der Waals surface area contributed by atoms with Crippen molar-refractivity contribution in [2.24, 2.45) is 0 Å². The molecule has 0 bridgehead atoms. The lowest BCUT2D eigenvalue weighted by Gasteiger charge is -2.18. The third kappa shape index (κ3) is 38.9. The lowest BCUT2D eigenvalue weighted by Crippen LogP contribution is -2.30. The average molecular weight is 719 g/mol. The first-order chi connectivity index (χ1) is 25.0. The maximum atomic E-state index is 12.4. The van der Waals surface area contributed by atoms with E-state index in [9.17, 15) is 14.4 Å². The van der Waals surface area contributed by atoms with Crippen molar-refractivity contribution in [2.45, 2.75) is 232 Å². The maximum absolute atomic E-state index is 12.4. The molecule has 0 rings (SSSR count). The van der Waals surface area contributed by atoms with Gasteiger partial charge in [0.15, 0.2) is 6.10 Å². The number of hydrogen-bond acceptors (Lipinski definition) is 6. The van der Waals surface area contributed by atoms with E-state index in [4.69, 9.17) is 14.2 Å². The minimum atomic E-state index is -0.768. The predicted octanol–water partition coefficient (Wildman–Crippen LogP) is 13.6. The van der Waals surface area contributed by atoms with Gasteiger partial charge in [0, 0.05) is 19.3 Å². The van der Waals surface area contributed by atoms with E-state index < -0.39 is 6.10 Å². The largest absolute Gasteiger partial charge is 0.462 e. The molecule has 0 aromatic heterocycles. The van der Waals surface area contributed by atoms with Gasteiger partial charge >= 0.3 is 17.9 Å². The summed E-state index contributed by atoms with van der Waals surface area (Å²) in [6.07, 6.45) is 43.7. The van der Waals surface area contributed by atoms with Gasteiger partial charge in [0.05, 0.1) is 0 Å². The van der Waals surface area contributed by atoms with E-state index in [1.54, 1.807) is 0 Å². The Kier molecular flexibility index (Phi) is 39.0. The van der Waals surface area contributed by atoms with E-state index in [0.717, 1.165) is 70.6 Å². The summed E-state index contributed by atoms with van der Waals surface area (Å²) in [7, 11) is 0. The van der Waals surface area contributed by atoms with Crippen LogP contribution in [0.1, 0.15) is 226 Å². The van der Waals surface area contributed by atoms with E-state index in [2.05, 4.69) is 45.1 Å². The zero-order valence-corrected chi connectivity index (χ0v) is 33.9. The standard InChI is InChI=1S/C45H82O6/c1-4-7-10-12-14-16-18-20-22-24-26-28-30-32-35-37-43(46)49-40-42(51-45(48)39-34-9-6-3)41-50-44(47)38-36-33-31-29-27-25-23-21-19-17-15-13-11-8-5-2/h20-23,42H,4-19,24-41H2,1-3H3/b22-20-,23-21-. The Labute approximate surface area is 315 Å². The minimum absolute atomic E-state index is 0.0793. The highest BCUT2D eigenvalue weighted by Crippen LogP contribution is 2.13. The molecule has 0 aliphatic rings. The van der Waals surface area contributed by atoms with Gasteiger partial charge in [-0.05, 0) is 70.6 Å². The van der Waals surface area contributed by atoms with Gasteiger partial charge in [-0.25, -0.2) is 0 Å². The normalized spacial score (nSPS) is 11.6. The third-order valence-electron chi connectivity index (χ3n) is 9.43. The molecule has 6 nitrogen and oxygen atoms in total. The maximum Gasteiger partial charge on any atom is 0.306 e. The molecule has 0 aromatic rings. The van der Waals surface area contributed by atoms with Crippen molar-refractivity contribution in [3.63, 3.8) is 0 Å². The van der Waals surface area contributed by atoms with Gasteiger partial charge in [0.2, 0.25) is 0 Å². The number of hydrogen-bond donors (Lipinski definition) is 0. The second-order valence-corrected chi connectivity index (χ2v) is 14.6. The summed E-state index contributed by atoms with van der Waals surface area (Å²) < 4.78 is 16.5. The molecule has 0 unspecified atom stereocenters. The highest BCUT2D eigenvalue weighted by Gasteiger charge is 2.19. The van der Waals surface area contributed by atoms with Crippen LogP contribution in [0.15, 0.2) is 24.3 Å². The second-order valence-electron chi connectivity index (χ2n) is 14.6. The monoisotopic (exact) mass is 719 g/mol. The summed E-state index contributed by atoms with van der Waals surface area (Å²) in [6, 6.07) is 0. The molecular formula is C45H82O6. The SMILES string of the molecule is CCCCCCCC/C=C\CCCCCCCC(=O)OCC(COC(=O)CCCCCCC/C=C\CCCCCCCC)OC(=O)CCCCC. The van der Waals surface area contributed by atoms with Crippen LogP contribution in [0.4, 0.5) is 0 Å². The van der Waals surface area contributed by atoms with E-state index in [-0.39, 0.29) is 31.1 Å². The Balaban J connectivity index is 4.08. The summed E-state index contributed by atoms with van der Waals surface area (Å²) in [5.74, 6) is -0.923. The number of esters is 3. The number of ether oxygens (including phenoxy) is 3. The van der Waals surface area contributed by atoms with E-state index in [1.807, 2.05) is 0 Å². The Bertz CT molecular complexity index is 779. The topological polar surface area (TPSA) is 78.9 Å². The molecule has 0 fully saturated rings. The quantitative estimate of drug-likeness (QED) is 0.0272. The van der Waals surface area contributed by atoms with Gasteiger partial charge in [0.1, 0.15) is 13.2 Å². The van der Waals surface area contributed by atoms with Crippen LogP contribution in [0.3, 0.4) is 0 Å². The van der Waals surface area contributed by atoms with E-state index in [1.165, 1.54) is 116 Å². The number of carbonyl (C=O) groups excluding carboxylic acids is 3. The van der Waals surface area contributed by atoms with Gasteiger partial charge < -0.3 is 14.2 Å². The number of rotatable bonds is 39. The Hall–Kier alpha value is -2.11. The van der Waals surface area contributed by atoms with Crippen LogP contribution in [0, 0.1) is 0 Å². The number of carbonyl (C=O) groups is 3. The second kappa shape index (κ2) is 40.7. The average Bonchev–Trinajstić information content (AvgIpc) is 3.12. The van der Waals surface area contributed by atoms with Crippen LogP contribution < -0.4 is 0 Å². The summed E-state index contributed by atoms with van der Waals surface area (Å²) in [6.45, 7) is 6.44. The van der Waals surface area contributed by atoms with Crippen LogP contribution in [-0.4, -0.2) is 37.2 Å². The number of allylic oxidation sites excluding steroid dienone is 4. The molecule has 0 aliphatic heterocycles. The molecule has 51 heavy (non-hydrogen) atoms. The smallest absolute Gasteiger partial charge is 0.306 e. The van der Waals surface area contributed by atoms with Gasteiger partial charge in [0.25, 0.3) is 0 Å². The molecule has 0 heterocycles. The lowest BCUT2D eigenvalue weighted by atomic mass is 10.1. The lowest BCUT2D eigenvalue weighted by molar-refractivity contribution is -0.167. The zero-order valence-electron chi connectivity index (χ0n) is 33.9. The summed E-state index contributed by atoms with van der Waals surface area (Å²) in [5, 5.41) is 0. The van der Waals surface area contributed by atoms with Crippen molar-refractivity contribution in [3.05, 3.63) is 24.3 Å². The van der Waals surface area contributed by atoms with Crippen molar-refractivity contribution in [1.29, 1.82) is 0 Å². The van der Waals surface area contributed by atoms with Gasteiger partial charge in [-0.3, -0.25) is 14.4 Å². The minimum Gasteiger partial charge on any atom is -0.462 e. The van der Waals surface area contributed by atoms with Crippen LogP contribution in [-0.2, 0) is 28.6 Å². The van der Waals surface area contributed by atoms with E-state index >= 15 is 0 Å². The van der Waals surface area contributed by atoms with Crippen molar-refractivity contribution >= 4 is 17.9 Å². The Morgan fingerprint density at radius 1 is 0.373 bits per heavy atom. The molecule has 0 aliphatic carbocycles. The molecule has 0 saturated carbocycles. The highest BCUT2D eigenvalue weighted by atomic mass is 16.6. The molecule has 0 amide bonds. The van der Waals surface area contributed by atoms with Crippen LogP contribution in [0.2, 0.25) is 0 Å². The Morgan fingerprint density at radius 3 is 1.02 bits per heavy atom.